The van der Waals surface area contributed by atoms with Crippen molar-refractivity contribution in [1.82, 2.24) is 0 Å². The number of rotatable bonds is 7. The quantitative estimate of drug-likeness (QED) is 0.566. The Morgan fingerprint density at radius 2 is 1.71 bits per heavy atom. The molecule has 0 N–H and O–H groups in total. The maximum Gasteiger partial charge on any atom is 0.338 e. The fourth-order valence-electron chi connectivity index (χ4n) is 1.97. The van der Waals surface area contributed by atoms with Crippen LogP contribution in [0.2, 0.25) is 0 Å². The molecule has 0 heterocycles. The van der Waals surface area contributed by atoms with Crippen LogP contribution >= 0.6 is 0 Å². The van der Waals surface area contributed by atoms with Crippen molar-refractivity contribution < 1.29 is 27.1 Å². The van der Waals surface area contributed by atoms with Gasteiger partial charge in [-0.25, -0.2) is 17.6 Å². The summed E-state index contributed by atoms with van der Waals surface area (Å²) in [6.45, 7) is -0.00288. The second-order valence-electron chi connectivity index (χ2n) is 5.18. The van der Waals surface area contributed by atoms with Crippen LogP contribution in [0, 0.1) is 5.82 Å². The number of esters is 1. The van der Waals surface area contributed by atoms with Crippen LogP contribution < -0.4 is 4.74 Å². The van der Waals surface area contributed by atoms with Gasteiger partial charge in [-0.15, -0.1) is 0 Å². The third-order valence-electron chi connectivity index (χ3n) is 3.03. The van der Waals surface area contributed by atoms with Crippen molar-refractivity contribution in [3.63, 3.8) is 0 Å². The van der Waals surface area contributed by atoms with Gasteiger partial charge in [0.1, 0.15) is 13.2 Å². The zero-order valence-electron chi connectivity index (χ0n) is 13.1. The van der Waals surface area contributed by atoms with E-state index in [1.54, 1.807) is 24.3 Å². The summed E-state index contributed by atoms with van der Waals surface area (Å²) in [5, 5.41) is 0. The van der Waals surface area contributed by atoms with Crippen molar-refractivity contribution >= 4 is 15.8 Å². The highest BCUT2D eigenvalue weighted by Crippen LogP contribution is 2.15. The van der Waals surface area contributed by atoms with Crippen molar-refractivity contribution in [2.45, 2.75) is 5.75 Å². The first-order valence-electron chi connectivity index (χ1n) is 7.16. The molecule has 0 bridgehead atoms. The predicted octanol–water partition coefficient (Wildman–Crippen LogP) is 2.61. The van der Waals surface area contributed by atoms with Crippen LogP contribution in [0.5, 0.6) is 5.75 Å². The molecule has 0 aliphatic rings. The number of benzene rings is 2. The first-order chi connectivity index (χ1) is 11.3. The minimum Gasteiger partial charge on any atom is -0.487 e. The molecule has 7 heteroatoms. The normalized spacial score (nSPS) is 11.1. The predicted molar refractivity (Wildman–Crippen MR) is 87.2 cm³/mol. The topological polar surface area (TPSA) is 69.7 Å². The third-order valence-corrected chi connectivity index (χ3v) is 3.89. The summed E-state index contributed by atoms with van der Waals surface area (Å²) in [5.41, 5.74) is 0.898. The van der Waals surface area contributed by atoms with E-state index >= 15 is 0 Å². The Hall–Kier alpha value is -2.41. The van der Waals surface area contributed by atoms with Crippen molar-refractivity contribution in [2.75, 3.05) is 19.5 Å². The van der Waals surface area contributed by atoms with E-state index in [1.165, 1.54) is 24.3 Å². The van der Waals surface area contributed by atoms with Gasteiger partial charge in [-0.1, -0.05) is 24.3 Å². The molecule has 24 heavy (non-hydrogen) atoms. The van der Waals surface area contributed by atoms with Crippen LogP contribution in [0.25, 0.3) is 0 Å². The monoisotopic (exact) mass is 352 g/mol. The summed E-state index contributed by atoms with van der Waals surface area (Å²) < 4.78 is 45.9. The first kappa shape index (κ1) is 17.9. The van der Waals surface area contributed by atoms with Crippen LogP contribution in [0.3, 0.4) is 0 Å². The molecular weight excluding hydrogens is 335 g/mol. The molecule has 0 saturated heterocycles. The molecule has 2 rings (SSSR count). The smallest absolute Gasteiger partial charge is 0.338 e. The standard InChI is InChI=1S/C17H17FO5S/c1-24(20,21)12-13-6-8-14(9-7-13)17(19)23-11-10-22-16-5-3-2-4-15(16)18/h2-9H,10-12H2,1H3. The lowest BCUT2D eigenvalue weighted by Gasteiger charge is -2.08. The van der Waals surface area contributed by atoms with Crippen LogP contribution in [0.1, 0.15) is 15.9 Å². The van der Waals surface area contributed by atoms with E-state index in [0.29, 0.717) is 11.1 Å². The van der Waals surface area contributed by atoms with Gasteiger partial charge < -0.3 is 9.47 Å². The minimum atomic E-state index is -3.12. The summed E-state index contributed by atoms with van der Waals surface area (Å²) in [5.74, 6) is -1.03. The van der Waals surface area contributed by atoms with Crippen LogP contribution in [-0.2, 0) is 20.3 Å². The zero-order valence-corrected chi connectivity index (χ0v) is 13.9. The summed E-state index contributed by atoms with van der Waals surface area (Å²) in [6, 6.07) is 12.1. The average Bonchev–Trinajstić information content (AvgIpc) is 2.52. The molecule has 0 spiro atoms. The van der Waals surface area contributed by atoms with Crippen LogP contribution in [-0.4, -0.2) is 33.9 Å². The van der Waals surface area contributed by atoms with Crippen LogP contribution in [0.4, 0.5) is 4.39 Å². The van der Waals surface area contributed by atoms with Crippen molar-refractivity contribution in [1.29, 1.82) is 0 Å². The lowest BCUT2D eigenvalue weighted by molar-refractivity contribution is 0.0448. The SMILES string of the molecule is CS(=O)(=O)Cc1ccc(C(=O)OCCOc2ccccc2F)cc1. The molecule has 5 nitrogen and oxygen atoms in total. The van der Waals surface area contributed by atoms with Gasteiger partial charge in [0, 0.05) is 6.26 Å². The first-order valence-corrected chi connectivity index (χ1v) is 9.22. The Bertz CT molecular complexity index is 800. The molecule has 0 atom stereocenters. The molecule has 0 radical (unpaired) electrons. The van der Waals surface area contributed by atoms with E-state index in [2.05, 4.69) is 0 Å². The zero-order chi connectivity index (χ0) is 17.6. The molecule has 0 aromatic heterocycles. The van der Waals surface area contributed by atoms with Gasteiger partial charge in [-0.2, -0.15) is 0 Å². The summed E-state index contributed by atoms with van der Waals surface area (Å²) in [6.07, 6.45) is 1.14. The average molecular weight is 352 g/mol. The Kier molecular flexibility index (Phi) is 5.92. The van der Waals surface area contributed by atoms with Crippen molar-refractivity contribution in [3.8, 4) is 5.75 Å². The number of hydrogen-bond acceptors (Lipinski definition) is 5. The van der Waals surface area contributed by atoms with Crippen molar-refractivity contribution in [3.05, 3.63) is 65.5 Å². The molecular formula is C17H17FO5S. The summed E-state index contributed by atoms with van der Waals surface area (Å²) in [7, 11) is -3.12. The Balaban J connectivity index is 1.81. The molecule has 128 valence electrons. The maximum absolute atomic E-state index is 13.3. The van der Waals surface area contributed by atoms with Gasteiger partial charge in [-0.05, 0) is 29.8 Å². The van der Waals surface area contributed by atoms with Gasteiger partial charge in [-0.3, -0.25) is 0 Å². The fourth-order valence-corrected chi connectivity index (χ4v) is 2.77. The van der Waals surface area contributed by atoms with Gasteiger partial charge in [0.2, 0.25) is 0 Å². The van der Waals surface area contributed by atoms with Gasteiger partial charge in [0.15, 0.2) is 21.4 Å². The Morgan fingerprint density at radius 1 is 1.04 bits per heavy atom. The number of carbonyl (C=O) groups is 1. The molecule has 0 unspecified atom stereocenters. The lowest BCUT2D eigenvalue weighted by Crippen LogP contribution is -2.13. The fraction of sp³-hybridized carbons (Fsp3) is 0.235. The largest absolute Gasteiger partial charge is 0.487 e. The number of carbonyl (C=O) groups excluding carboxylic acids is 1. The highest BCUT2D eigenvalue weighted by Gasteiger charge is 2.09. The molecule has 0 saturated carbocycles. The van der Waals surface area contributed by atoms with Gasteiger partial charge in [0.05, 0.1) is 11.3 Å². The third kappa shape index (κ3) is 5.66. The molecule has 0 amide bonds. The highest BCUT2D eigenvalue weighted by atomic mass is 32.2. The Morgan fingerprint density at radius 3 is 2.33 bits per heavy atom. The number of hydrogen-bond donors (Lipinski definition) is 0. The lowest BCUT2D eigenvalue weighted by atomic mass is 10.1. The van der Waals surface area contributed by atoms with E-state index in [4.69, 9.17) is 9.47 Å². The second kappa shape index (κ2) is 7.92. The second-order valence-corrected chi connectivity index (χ2v) is 7.32. The van der Waals surface area contributed by atoms with E-state index in [-0.39, 0.29) is 24.7 Å². The highest BCUT2D eigenvalue weighted by molar-refractivity contribution is 7.89. The van der Waals surface area contributed by atoms with E-state index in [1.807, 2.05) is 0 Å². The minimum absolute atomic E-state index is 0.0266. The number of para-hydroxylation sites is 1. The van der Waals surface area contributed by atoms with Gasteiger partial charge in [0.25, 0.3) is 0 Å². The summed E-state index contributed by atoms with van der Waals surface area (Å²) in [4.78, 5) is 11.8. The number of sulfone groups is 1. The molecule has 0 aliphatic heterocycles. The maximum atomic E-state index is 13.3. The number of halogens is 1. The number of ether oxygens (including phenoxy) is 2. The molecule has 2 aromatic rings. The summed E-state index contributed by atoms with van der Waals surface area (Å²) >= 11 is 0. The molecule has 0 fully saturated rings. The van der Waals surface area contributed by atoms with Gasteiger partial charge >= 0.3 is 5.97 Å². The molecule has 0 aliphatic carbocycles. The Labute approximate surface area is 139 Å². The molecule has 2 aromatic carbocycles. The van der Waals surface area contributed by atoms with Crippen LogP contribution in [0.15, 0.2) is 48.5 Å². The van der Waals surface area contributed by atoms with E-state index in [9.17, 15) is 17.6 Å². The van der Waals surface area contributed by atoms with E-state index in [0.717, 1.165) is 6.26 Å². The van der Waals surface area contributed by atoms with Crippen molar-refractivity contribution in [2.24, 2.45) is 0 Å². The van der Waals surface area contributed by atoms with E-state index < -0.39 is 21.6 Å².